The molecular formula is C19H19N3O2. The van der Waals surface area contributed by atoms with Gasteiger partial charge in [0.1, 0.15) is 5.75 Å². The first-order chi connectivity index (χ1) is 11.7. The third kappa shape index (κ3) is 4.23. The molecule has 122 valence electrons. The number of nitrogens with one attached hydrogen (secondary N) is 1. The van der Waals surface area contributed by atoms with Crippen molar-refractivity contribution in [3.8, 4) is 11.4 Å². The third-order valence-electron chi connectivity index (χ3n) is 3.74. The first-order valence-corrected chi connectivity index (χ1v) is 7.84. The van der Waals surface area contributed by atoms with Gasteiger partial charge in [-0.3, -0.25) is 4.79 Å². The van der Waals surface area contributed by atoms with E-state index in [0.29, 0.717) is 13.0 Å². The summed E-state index contributed by atoms with van der Waals surface area (Å²) in [5.74, 6) is 0.187. The van der Waals surface area contributed by atoms with E-state index in [1.165, 1.54) is 0 Å². The molecule has 2 N–H and O–H groups in total. The van der Waals surface area contributed by atoms with E-state index < -0.39 is 0 Å². The Morgan fingerprint density at radius 2 is 1.75 bits per heavy atom. The molecule has 0 aliphatic heterocycles. The summed E-state index contributed by atoms with van der Waals surface area (Å²) in [5.41, 5.74) is 3.06. The summed E-state index contributed by atoms with van der Waals surface area (Å²) in [6.45, 7) is 0.595. The zero-order valence-corrected chi connectivity index (χ0v) is 13.2. The highest BCUT2D eigenvalue weighted by Crippen LogP contribution is 2.10. The lowest BCUT2D eigenvalue weighted by Crippen LogP contribution is -2.27. The fraction of sp³-hybridized carbons (Fsp3) is 0.158. The second kappa shape index (κ2) is 7.46. The first-order valence-electron chi connectivity index (χ1n) is 7.84. The van der Waals surface area contributed by atoms with Crippen molar-refractivity contribution in [1.29, 1.82) is 0 Å². The zero-order chi connectivity index (χ0) is 16.8. The summed E-state index contributed by atoms with van der Waals surface area (Å²) < 4.78 is 1.81. The molecule has 0 saturated carbocycles. The predicted molar refractivity (Wildman–Crippen MR) is 92.1 cm³/mol. The molecule has 0 saturated heterocycles. The number of aromatic hydroxyl groups is 1. The molecule has 1 aromatic heterocycles. The molecule has 0 atom stereocenters. The number of carbonyl (C=O) groups is 1. The Bertz CT molecular complexity index is 778. The molecule has 5 heteroatoms. The van der Waals surface area contributed by atoms with Crippen LogP contribution in [-0.4, -0.2) is 27.3 Å². The van der Waals surface area contributed by atoms with Crippen LogP contribution in [-0.2, 0) is 17.6 Å². The lowest BCUT2D eigenvalue weighted by molar-refractivity contribution is -0.120. The molecule has 1 amide bonds. The highest BCUT2D eigenvalue weighted by Gasteiger charge is 2.03. The van der Waals surface area contributed by atoms with Gasteiger partial charge in [0.05, 0.1) is 12.1 Å². The summed E-state index contributed by atoms with van der Waals surface area (Å²) in [6, 6.07) is 16.7. The number of phenolic OH excluding ortho intramolecular Hbond substituents is 1. The molecule has 3 rings (SSSR count). The first kappa shape index (κ1) is 15.8. The minimum atomic E-state index is -0.0196. The van der Waals surface area contributed by atoms with Crippen molar-refractivity contribution in [2.45, 2.75) is 12.8 Å². The smallest absolute Gasteiger partial charge is 0.224 e. The number of hydrogen-bond donors (Lipinski definition) is 2. The molecule has 0 bridgehead atoms. The molecule has 0 aliphatic carbocycles. The number of benzene rings is 2. The van der Waals surface area contributed by atoms with Crippen LogP contribution in [0.2, 0.25) is 0 Å². The molecule has 0 aliphatic rings. The summed E-state index contributed by atoms with van der Waals surface area (Å²) >= 11 is 0. The molecule has 5 nitrogen and oxygen atoms in total. The molecular weight excluding hydrogens is 302 g/mol. The summed E-state index contributed by atoms with van der Waals surface area (Å²) in [4.78, 5) is 11.9. The van der Waals surface area contributed by atoms with Gasteiger partial charge in [0.25, 0.3) is 0 Å². The fourth-order valence-corrected chi connectivity index (χ4v) is 2.44. The molecule has 0 spiro atoms. The summed E-state index contributed by atoms with van der Waals surface area (Å²) in [6.07, 6.45) is 4.75. The van der Waals surface area contributed by atoms with E-state index in [1.54, 1.807) is 30.5 Å². The van der Waals surface area contributed by atoms with Crippen molar-refractivity contribution in [3.63, 3.8) is 0 Å². The molecule has 0 fully saturated rings. The molecule has 24 heavy (non-hydrogen) atoms. The van der Waals surface area contributed by atoms with Crippen LogP contribution >= 0.6 is 0 Å². The number of carbonyl (C=O) groups excluding carboxylic acids is 1. The van der Waals surface area contributed by atoms with Gasteiger partial charge < -0.3 is 10.4 Å². The van der Waals surface area contributed by atoms with Crippen LogP contribution in [0.5, 0.6) is 5.75 Å². The highest BCUT2D eigenvalue weighted by molar-refractivity contribution is 5.78. The Hall–Kier alpha value is -3.08. The van der Waals surface area contributed by atoms with Crippen molar-refractivity contribution in [1.82, 2.24) is 15.1 Å². The van der Waals surface area contributed by atoms with E-state index in [4.69, 9.17) is 0 Å². The average Bonchev–Trinajstić information content (AvgIpc) is 3.12. The maximum Gasteiger partial charge on any atom is 0.224 e. The van der Waals surface area contributed by atoms with E-state index in [9.17, 15) is 9.90 Å². The van der Waals surface area contributed by atoms with Crippen molar-refractivity contribution in [2.24, 2.45) is 0 Å². The Balaban J connectivity index is 1.46. The van der Waals surface area contributed by atoms with Gasteiger partial charge in [0, 0.05) is 18.9 Å². The van der Waals surface area contributed by atoms with Gasteiger partial charge in [-0.05, 0) is 47.9 Å². The number of phenols is 1. The standard InChI is InChI=1S/C19H19N3O2/c23-18-8-4-16(5-9-18)14-19(24)20-12-10-15-2-6-17(7-3-15)22-13-1-11-21-22/h1-9,11,13,23H,10,12,14H2,(H,20,24). The van der Waals surface area contributed by atoms with Gasteiger partial charge in [0.15, 0.2) is 0 Å². The van der Waals surface area contributed by atoms with Crippen LogP contribution in [0, 0.1) is 0 Å². The zero-order valence-electron chi connectivity index (χ0n) is 13.2. The van der Waals surface area contributed by atoms with Crippen molar-refractivity contribution < 1.29 is 9.90 Å². The van der Waals surface area contributed by atoms with E-state index >= 15 is 0 Å². The van der Waals surface area contributed by atoms with Gasteiger partial charge >= 0.3 is 0 Å². The minimum absolute atomic E-state index is 0.0196. The summed E-state index contributed by atoms with van der Waals surface area (Å²) in [5, 5.41) is 16.3. The van der Waals surface area contributed by atoms with Crippen LogP contribution in [0.15, 0.2) is 67.0 Å². The normalized spacial score (nSPS) is 10.5. The molecule has 3 aromatic rings. The van der Waals surface area contributed by atoms with Crippen LogP contribution in [0.4, 0.5) is 0 Å². The van der Waals surface area contributed by atoms with Crippen molar-refractivity contribution >= 4 is 5.91 Å². The SMILES string of the molecule is O=C(Cc1ccc(O)cc1)NCCc1ccc(-n2cccn2)cc1. The van der Waals surface area contributed by atoms with Crippen LogP contribution in [0.1, 0.15) is 11.1 Å². The van der Waals surface area contributed by atoms with E-state index in [1.807, 2.05) is 41.2 Å². The Morgan fingerprint density at radius 3 is 2.42 bits per heavy atom. The van der Waals surface area contributed by atoms with Gasteiger partial charge in [0.2, 0.25) is 5.91 Å². The van der Waals surface area contributed by atoms with Crippen LogP contribution in [0.25, 0.3) is 5.69 Å². The number of hydrogen-bond acceptors (Lipinski definition) is 3. The van der Waals surface area contributed by atoms with Gasteiger partial charge in [-0.15, -0.1) is 0 Å². The lowest BCUT2D eigenvalue weighted by Gasteiger charge is -2.07. The average molecular weight is 321 g/mol. The topological polar surface area (TPSA) is 67.2 Å². The Labute approximate surface area is 140 Å². The lowest BCUT2D eigenvalue weighted by atomic mass is 10.1. The molecule has 0 unspecified atom stereocenters. The second-order valence-electron chi connectivity index (χ2n) is 5.56. The monoisotopic (exact) mass is 321 g/mol. The number of aromatic nitrogens is 2. The highest BCUT2D eigenvalue weighted by atomic mass is 16.3. The Morgan fingerprint density at radius 1 is 1.04 bits per heavy atom. The maximum atomic E-state index is 11.9. The van der Waals surface area contributed by atoms with Crippen molar-refractivity contribution in [2.75, 3.05) is 6.54 Å². The minimum Gasteiger partial charge on any atom is -0.508 e. The van der Waals surface area contributed by atoms with Gasteiger partial charge in [-0.25, -0.2) is 4.68 Å². The quantitative estimate of drug-likeness (QED) is 0.733. The molecule has 2 aromatic carbocycles. The van der Waals surface area contributed by atoms with Crippen LogP contribution in [0.3, 0.4) is 0 Å². The van der Waals surface area contributed by atoms with E-state index in [-0.39, 0.29) is 11.7 Å². The molecule has 1 heterocycles. The number of rotatable bonds is 6. The Kier molecular flexibility index (Phi) is 4.91. The maximum absolute atomic E-state index is 11.9. The van der Waals surface area contributed by atoms with Crippen molar-refractivity contribution in [3.05, 3.63) is 78.1 Å². The number of amides is 1. The third-order valence-corrected chi connectivity index (χ3v) is 3.74. The van der Waals surface area contributed by atoms with E-state index in [2.05, 4.69) is 10.4 Å². The molecule has 0 radical (unpaired) electrons. The second-order valence-corrected chi connectivity index (χ2v) is 5.56. The van der Waals surface area contributed by atoms with Crippen LogP contribution < -0.4 is 5.32 Å². The van der Waals surface area contributed by atoms with Gasteiger partial charge in [-0.1, -0.05) is 24.3 Å². The summed E-state index contributed by atoms with van der Waals surface area (Å²) in [7, 11) is 0. The largest absolute Gasteiger partial charge is 0.508 e. The number of nitrogens with zero attached hydrogens (tertiary/aromatic N) is 2. The predicted octanol–water partition coefficient (Wildman–Crippen LogP) is 2.48. The van der Waals surface area contributed by atoms with E-state index in [0.717, 1.165) is 23.2 Å². The fourth-order valence-electron chi connectivity index (χ4n) is 2.44. The van der Waals surface area contributed by atoms with Gasteiger partial charge in [-0.2, -0.15) is 5.10 Å².